The van der Waals surface area contributed by atoms with Crippen molar-refractivity contribution in [2.45, 2.75) is 6.92 Å². The topological polar surface area (TPSA) is 33.6 Å². The summed E-state index contributed by atoms with van der Waals surface area (Å²) >= 11 is 11.4. The van der Waals surface area contributed by atoms with Crippen LogP contribution in [0.2, 0.25) is 5.02 Å². The molecular formula is C15H12ClN3S. The number of nitrogens with zero attached hydrogens (tertiary/aromatic N) is 2. The molecule has 3 aromatic rings. The van der Waals surface area contributed by atoms with E-state index in [1.165, 1.54) is 5.56 Å². The molecule has 0 spiro atoms. The Kier molecular flexibility index (Phi) is 3.42. The Bertz CT molecular complexity index is 820. The molecule has 20 heavy (non-hydrogen) atoms. The number of halogens is 1. The van der Waals surface area contributed by atoms with Crippen LogP contribution in [0.25, 0.3) is 17.1 Å². The molecule has 0 atom stereocenters. The molecule has 2 aromatic carbocycles. The first-order valence-electron chi connectivity index (χ1n) is 6.15. The van der Waals surface area contributed by atoms with Crippen molar-refractivity contribution < 1.29 is 0 Å². The Labute approximate surface area is 126 Å². The van der Waals surface area contributed by atoms with E-state index >= 15 is 0 Å². The lowest BCUT2D eigenvalue weighted by Gasteiger charge is -2.07. The van der Waals surface area contributed by atoms with Gasteiger partial charge in [-0.25, -0.2) is 0 Å². The first-order valence-corrected chi connectivity index (χ1v) is 6.94. The summed E-state index contributed by atoms with van der Waals surface area (Å²) in [5, 5.41) is 7.85. The van der Waals surface area contributed by atoms with Gasteiger partial charge < -0.3 is 0 Å². The van der Waals surface area contributed by atoms with Crippen LogP contribution < -0.4 is 0 Å². The van der Waals surface area contributed by atoms with Crippen molar-refractivity contribution in [3.05, 3.63) is 63.9 Å². The second kappa shape index (κ2) is 5.23. The van der Waals surface area contributed by atoms with Crippen molar-refractivity contribution in [2.75, 3.05) is 0 Å². The van der Waals surface area contributed by atoms with Gasteiger partial charge in [-0.3, -0.25) is 9.67 Å². The van der Waals surface area contributed by atoms with Gasteiger partial charge in [0.1, 0.15) is 0 Å². The van der Waals surface area contributed by atoms with Crippen molar-refractivity contribution in [1.29, 1.82) is 0 Å². The molecule has 1 N–H and O–H groups in total. The first-order chi connectivity index (χ1) is 9.65. The number of benzene rings is 2. The Morgan fingerprint density at radius 3 is 2.70 bits per heavy atom. The molecule has 0 saturated heterocycles. The largest absolute Gasteiger partial charge is 0.268 e. The number of hydrogen-bond donors (Lipinski definition) is 1. The fourth-order valence-electron chi connectivity index (χ4n) is 2.13. The highest BCUT2D eigenvalue weighted by molar-refractivity contribution is 7.71. The van der Waals surface area contributed by atoms with Crippen LogP contribution in [-0.4, -0.2) is 14.8 Å². The van der Waals surface area contributed by atoms with Crippen LogP contribution in [0.4, 0.5) is 0 Å². The highest BCUT2D eigenvalue weighted by Gasteiger charge is 2.10. The van der Waals surface area contributed by atoms with Gasteiger partial charge in [-0.05, 0) is 43.4 Å². The van der Waals surface area contributed by atoms with Gasteiger partial charge >= 0.3 is 0 Å². The molecule has 1 aromatic heterocycles. The number of H-pyrrole nitrogens is 1. The molecule has 0 radical (unpaired) electrons. The van der Waals surface area contributed by atoms with Gasteiger partial charge in [-0.1, -0.05) is 41.4 Å². The molecule has 0 saturated carbocycles. The minimum atomic E-state index is 0.545. The maximum Gasteiger partial charge on any atom is 0.200 e. The molecule has 1 heterocycles. The van der Waals surface area contributed by atoms with E-state index in [0.29, 0.717) is 9.79 Å². The van der Waals surface area contributed by atoms with Crippen molar-refractivity contribution in [3.63, 3.8) is 0 Å². The van der Waals surface area contributed by atoms with Crippen molar-refractivity contribution in [1.82, 2.24) is 14.8 Å². The van der Waals surface area contributed by atoms with Crippen LogP contribution >= 0.6 is 23.8 Å². The first kappa shape index (κ1) is 13.1. The summed E-state index contributed by atoms with van der Waals surface area (Å²) in [4.78, 5) is 0. The Morgan fingerprint density at radius 1 is 1.15 bits per heavy atom. The zero-order valence-corrected chi connectivity index (χ0v) is 12.4. The van der Waals surface area contributed by atoms with Gasteiger partial charge in [0.15, 0.2) is 10.6 Å². The minimum absolute atomic E-state index is 0.545. The predicted molar refractivity (Wildman–Crippen MR) is 83.9 cm³/mol. The summed E-state index contributed by atoms with van der Waals surface area (Å²) in [5.41, 5.74) is 3.08. The number of nitrogens with one attached hydrogen (secondary N) is 1. The number of aromatic nitrogens is 3. The smallest absolute Gasteiger partial charge is 0.200 e. The third-order valence-electron chi connectivity index (χ3n) is 3.02. The minimum Gasteiger partial charge on any atom is -0.268 e. The zero-order chi connectivity index (χ0) is 14.1. The van der Waals surface area contributed by atoms with Gasteiger partial charge in [0.05, 0.1) is 5.69 Å². The lowest BCUT2D eigenvalue weighted by atomic mass is 10.1. The van der Waals surface area contributed by atoms with Crippen molar-refractivity contribution >= 4 is 23.8 Å². The number of aryl methyl sites for hydroxylation is 1. The van der Waals surface area contributed by atoms with E-state index in [1.807, 2.05) is 41.0 Å². The van der Waals surface area contributed by atoms with E-state index in [1.54, 1.807) is 0 Å². The standard InChI is InChI=1S/C15H12ClN3S/c1-10-4-2-5-11(8-10)14-17-18-15(20)19(14)13-7-3-6-12(16)9-13/h2-9H,1H3,(H,18,20). The van der Waals surface area contributed by atoms with Crippen LogP contribution in [0.15, 0.2) is 48.5 Å². The maximum absolute atomic E-state index is 6.06. The Morgan fingerprint density at radius 2 is 1.95 bits per heavy atom. The van der Waals surface area contributed by atoms with E-state index in [4.69, 9.17) is 23.8 Å². The Hall–Kier alpha value is -1.91. The average Bonchev–Trinajstić information content (AvgIpc) is 2.80. The summed E-state index contributed by atoms with van der Waals surface area (Å²) in [6, 6.07) is 15.7. The molecule has 0 bridgehead atoms. The van der Waals surface area contributed by atoms with Gasteiger partial charge in [-0.15, -0.1) is 0 Å². The summed E-state index contributed by atoms with van der Waals surface area (Å²) < 4.78 is 2.43. The van der Waals surface area contributed by atoms with Crippen LogP contribution in [0.1, 0.15) is 5.56 Å². The quantitative estimate of drug-likeness (QED) is 0.704. The molecule has 100 valence electrons. The fraction of sp³-hybridized carbons (Fsp3) is 0.0667. The molecule has 0 aliphatic carbocycles. The van der Waals surface area contributed by atoms with Gasteiger partial charge in [0, 0.05) is 10.6 Å². The van der Waals surface area contributed by atoms with E-state index in [0.717, 1.165) is 17.1 Å². The second-order valence-electron chi connectivity index (χ2n) is 4.54. The van der Waals surface area contributed by atoms with Gasteiger partial charge in [0.2, 0.25) is 0 Å². The molecule has 0 aliphatic heterocycles. The van der Waals surface area contributed by atoms with Gasteiger partial charge in [0.25, 0.3) is 0 Å². The second-order valence-corrected chi connectivity index (χ2v) is 5.36. The molecule has 3 nitrogen and oxygen atoms in total. The summed E-state index contributed by atoms with van der Waals surface area (Å²) in [6.07, 6.45) is 0. The summed E-state index contributed by atoms with van der Waals surface area (Å²) in [6.45, 7) is 2.05. The normalized spacial score (nSPS) is 10.7. The highest BCUT2D eigenvalue weighted by Crippen LogP contribution is 2.23. The molecule has 0 unspecified atom stereocenters. The molecule has 5 heteroatoms. The molecule has 3 rings (SSSR count). The number of aromatic amines is 1. The van der Waals surface area contributed by atoms with E-state index < -0.39 is 0 Å². The van der Waals surface area contributed by atoms with Crippen LogP contribution in [0, 0.1) is 11.7 Å². The summed E-state index contributed by atoms with van der Waals surface area (Å²) in [7, 11) is 0. The monoisotopic (exact) mass is 301 g/mol. The molecule has 0 fully saturated rings. The average molecular weight is 302 g/mol. The summed E-state index contributed by atoms with van der Waals surface area (Å²) in [5.74, 6) is 0.779. The van der Waals surface area contributed by atoms with Crippen LogP contribution in [-0.2, 0) is 0 Å². The Balaban J connectivity index is 2.23. The van der Waals surface area contributed by atoms with Crippen LogP contribution in [0.5, 0.6) is 0 Å². The van der Waals surface area contributed by atoms with E-state index in [9.17, 15) is 0 Å². The zero-order valence-electron chi connectivity index (χ0n) is 10.8. The molecule has 0 amide bonds. The van der Waals surface area contributed by atoms with Gasteiger partial charge in [-0.2, -0.15) is 5.10 Å². The third kappa shape index (κ3) is 2.40. The molecular weight excluding hydrogens is 290 g/mol. The predicted octanol–water partition coefficient (Wildman–Crippen LogP) is 4.56. The van der Waals surface area contributed by atoms with E-state index in [-0.39, 0.29) is 0 Å². The van der Waals surface area contributed by atoms with Crippen LogP contribution in [0.3, 0.4) is 0 Å². The van der Waals surface area contributed by atoms with E-state index in [2.05, 4.69) is 29.3 Å². The number of hydrogen-bond acceptors (Lipinski definition) is 2. The third-order valence-corrected chi connectivity index (χ3v) is 3.52. The SMILES string of the molecule is Cc1cccc(-c2n[nH]c(=S)n2-c2cccc(Cl)c2)c1. The fourth-order valence-corrected chi connectivity index (χ4v) is 2.55. The van der Waals surface area contributed by atoms with Crippen molar-refractivity contribution in [3.8, 4) is 17.1 Å². The maximum atomic E-state index is 6.06. The lowest BCUT2D eigenvalue weighted by Crippen LogP contribution is -1.97. The lowest BCUT2D eigenvalue weighted by molar-refractivity contribution is 1.04. The number of rotatable bonds is 2. The van der Waals surface area contributed by atoms with Crippen molar-refractivity contribution in [2.24, 2.45) is 0 Å². The highest BCUT2D eigenvalue weighted by atomic mass is 35.5. The molecule has 0 aliphatic rings.